The zero-order valence-electron chi connectivity index (χ0n) is 15.4. The van der Waals surface area contributed by atoms with E-state index in [9.17, 15) is 4.79 Å². The third kappa shape index (κ3) is 4.19. The molecule has 0 bridgehead atoms. The number of benzene rings is 1. The van der Waals surface area contributed by atoms with Gasteiger partial charge in [-0.05, 0) is 26.1 Å². The summed E-state index contributed by atoms with van der Waals surface area (Å²) < 4.78 is 0. The molecule has 1 aliphatic heterocycles. The number of carbonyl (C=O) groups excluding carboxylic acids is 1. The minimum Gasteiger partial charge on any atom is -0.346 e. The second kappa shape index (κ2) is 7.54. The van der Waals surface area contributed by atoms with Gasteiger partial charge >= 0.3 is 0 Å². The fourth-order valence-electron chi connectivity index (χ4n) is 2.78. The molecular formula is C19H26N4OS. The molecule has 134 valence electrons. The molecule has 3 rings (SSSR count). The van der Waals surface area contributed by atoms with Crippen LogP contribution in [0.15, 0.2) is 24.3 Å². The average molecular weight is 359 g/mol. The van der Waals surface area contributed by atoms with Crippen molar-refractivity contribution in [1.29, 1.82) is 0 Å². The Bertz CT molecular complexity index is 730. The van der Waals surface area contributed by atoms with Crippen LogP contribution in [0, 0.1) is 12.8 Å². The first-order valence-electron chi connectivity index (χ1n) is 8.76. The predicted molar refractivity (Wildman–Crippen MR) is 105 cm³/mol. The molecule has 1 aromatic carbocycles. The Kier molecular flexibility index (Phi) is 5.39. The van der Waals surface area contributed by atoms with Gasteiger partial charge in [-0.2, -0.15) is 0 Å². The summed E-state index contributed by atoms with van der Waals surface area (Å²) in [6, 6.07) is 7.96. The van der Waals surface area contributed by atoms with Crippen molar-refractivity contribution in [2.45, 2.75) is 20.8 Å². The summed E-state index contributed by atoms with van der Waals surface area (Å²) in [6.45, 7) is 10.1. The van der Waals surface area contributed by atoms with Gasteiger partial charge in [-0.25, -0.2) is 4.98 Å². The molecule has 5 nitrogen and oxygen atoms in total. The van der Waals surface area contributed by atoms with E-state index in [4.69, 9.17) is 4.98 Å². The first-order chi connectivity index (χ1) is 11.9. The number of amides is 1. The number of nitrogens with one attached hydrogen (secondary N) is 1. The molecule has 6 heteroatoms. The lowest BCUT2D eigenvalue weighted by molar-refractivity contribution is -0.118. The van der Waals surface area contributed by atoms with Crippen LogP contribution in [0.3, 0.4) is 0 Å². The number of aryl methyl sites for hydroxylation is 1. The lowest BCUT2D eigenvalue weighted by atomic mass is 10.1. The summed E-state index contributed by atoms with van der Waals surface area (Å²) in [4.78, 5) is 22.6. The number of hydrogen-bond acceptors (Lipinski definition) is 5. The van der Waals surface area contributed by atoms with Gasteiger partial charge in [-0.1, -0.05) is 26.0 Å². The number of aromatic nitrogens is 1. The minimum absolute atomic E-state index is 0.0217. The van der Waals surface area contributed by atoms with E-state index < -0.39 is 0 Å². The fourth-order valence-corrected chi connectivity index (χ4v) is 3.76. The van der Waals surface area contributed by atoms with Crippen molar-refractivity contribution in [2.75, 3.05) is 43.4 Å². The van der Waals surface area contributed by atoms with Crippen LogP contribution in [-0.2, 0) is 4.79 Å². The molecule has 0 unspecified atom stereocenters. The summed E-state index contributed by atoms with van der Waals surface area (Å²) in [5.41, 5.74) is 2.96. The maximum Gasteiger partial charge on any atom is 0.226 e. The highest BCUT2D eigenvalue weighted by Crippen LogP contribution is 2.33. The van der Waals surface area contributed by atoms with E-state index in [1.165, 1.54) is 4.88 Å². The van der Waals surface area contributed by atoms with E-state index in [0.717, 1.165) is 48.3 Å². The molecule has 0 atom stereocenters. The molecule has 0 aliphatic carbocycles. The van der Waals surface area contributed by atoms with E-state index in [1.807, 2.05) is 38.1 Å². The average Bonchev–Trinajstić information content (AvgIpc) is 2.98. The van der Waals surface area contributed by atoms with Gasteiger partial charge in [-0.3, -0.25) is 4.79 Å². The molecule has 25 heavy (non-hydrogen) atoms. The monoisotopic (exact) mass is 358 g/mol. The Labute approximate surface area is 153 Å². The number of likely N-dealkylation sites (N-methyl/N-ethyl adjacent to an activating group) is 1. The highest BCUT2D eigenvalue weighted by atomic mass is 32.1. The van der Waals surface area contributed by atoms with Crippen molar-refractivity contribution < 1.29 is 4.79 Å². The highest BCUT2D eigenvalue weighted by Gasteiger charge is 2.19. The minimum atomic E-state index is -0.0217. The standard InChI is InChI=1S/C19H26N4OS/c1-13(2)18(24)20-16-7-5-15(6-8-16)17-14(3)25-19(21-17)23-11-9-22(4)10-12-23/h5-8,13H,9-12H2,1-4H3,(H,20,24). The van der Waals surface area contributed by atoms with Crippen LogP contribution in [-0.4, -0.2) is 49.0 Å². The second-order valence-electron chi connectivity index (χ2n) is 6.91. The van der Waals surface area contributed by atoms with Crippen LogP contribution in [0.2, 0.25) is 0 Å². The zero-order chi connectivity index (χ0) is 18.0. The van der Waals surface area contributed by atoms with Gasteiger partial charge in [0, 0.05) is 48.2 Å². The zero-order valence-corrected chi connectivity index (χ0v) is 16.2. The molecule has 1 saturated heterocycles. The van der Waals surface area contributed by atoms with Crippen LogP contribution in [0.1, 0.15) is 18.7 Å². The first kappa shape index (κ1) is 17.9. The topological polar surface area (TPSA) is 48.5 Å². The van der Waals surface area contributed by atoms with Gasteiger partial charge in [0.15, 0.2) is 5.13 Å². The van der Waals surface area contributed by atoms with Crippen LogP contribution in [0.25, 0.3) is 11.3 Å². The Hall–Kier alpha value is -1.92. The number of nitrogens with zero attached hydrogens (tertiary/aromatic N) is 3. The number of hydrogen-bond donors (Lipinski definition) is 1. The van der Waals surface area contributed by atoms with Crippen LogP contribution < -0.4 is 10.2 Å². The summed E-state index contributed by atoms with van der Waals surface area (Å²) >= 11 is 1.76. The molecule has 1 aromatic heterocycles. The highest BCUT2D eigenvalue weighted by molar-refractivity contribution is 7.16. The van der Waals surface area contributed by atoms with Gasteiger partial charge in [0.1, 0.15) is 0 Å². The Morgan fingerprint density at radius 2 is 1.80 bits per heavy atom. The van der Waals surface area contributed by atoms with E-state index in [1.54, 1.807) is 11.3 Å². The van der Waals surface area contributed by atoms with Crippen LogP contribution >= 0.6 is 11.3 Å². The smallest absolute Gasteiger partial charge is 0.226 e. The van der Waals surface area contributed by atoms with Crippen LogP contribution in [0.4, 0.5) is 10.8 Å². The maximum absolute atomic E-state index is 11.8. The van der Waals surface area contributed by atoms with Gasteiger partial charge in [0.25, 0.3) is 0 Å². The molecule has 0 spiro atoms. The van der Waals surface area contributed by atoms with E-state index in [2.05, 4.69) is 29.1 Å². The molecule has 0 saturated carbocycles. The number of carbonyl (C=O) groups is 1. The molecule has 0 radical (unpaired) electrons. The van der Waals surface area contributed by atoms with Crippen molar-refractivity contribution >= 4 is 28.1 Å². The first-order valence-corrected chi connectivity index (χ1v) is 9.58. The number of anilines is 2. The van der Waals surface area contributed by atoms with Crippen molar-refractivity contribution in [1.82, 2.24) is 9.88 Å². The molecular weight excluding hydrogens is 332 g/mol. The van der Waals surface area contributed by atoms with Crippen molar-refractivity contribution in [3.63, 3.8) is 0 Å². The van der Waals surface area contributed by atoms with E-state index >= 15 is 0 Å². The molecule has 1 fully saturated rings. The van der Waals surface area contributed by atoms with Crippen molar-refractivity contribution in [3.05, 3.63) is 29.1 Å². The Morgan fingerprint density at radius 3 is 2.40 bits per heavy atom. The third-order valence-corrected chi connectivity index (χ3v) is 5.54. The SMILES string of the molecule is Cc1sc(N2CCN(C)CC2)nc1-c1ccc(NC(=O)C(C)C)cc1. The van der Waals surface area contributed by atoms with Crippen LogP contribution in [0.5, 0.6) is 0 Å². The van der Waals surface area contributed by atoms with E-state index in [-0.39, 0.29) is 11.8 Å². The predicted octanol–water partition coefficient (Wildman–Crippen LogP) is 3.46. The molecule has 2 aromatic rings. The molecule has 1 amide bonds. The third-order valence-electron chi connectivity index (χ3n) is 4.51. The Balaban J connectivity index is 1.74. The van der Waals surface area contributed by atoms with Gasteiger partial charge in [-0.15, -0.1) is 11.3 Å². The van der Waals surface area contributed by atoms with E-state index in [0.29, 0.717) is 0 Å². The largest absolute Gasteiger partial charge is 0.346 e. The van der Waals surface area contributed by atoms with Gasteiger partial charge in [0.05, 0.1) is 5.69 Å². The summed E-state index contributed by atoms with van der Waals surface area (Å²) in [5, 5.41) is 4.04. The number of thiazole rings is 1. The quantitative estimate of drug-likeness (QED) is 0.909. The molecule has 1 N–H and O–H groups in total. The summed E-state index contributed by atoms with van der Waals surface area (Å²) in [5.74, 6) is 0.0153. The number of piperazine rings is 1. The lowest BCUT2D eigenvalue weighted by Gasteiger charge is -2.32. The van der Waals surface area contributed by atoms with Crippen molar-refractivity contribution in [3.8, 4) is 11.3 Å². The fraction of sp³-hybridized carbons (Fsp3) is 0.474. The van der Waals surface area contributed by atoms with Crippen molar-refractivity contribution in [2.24, 2.45) is 5.92 Å². The second-order valence-corrected chi connectivity index (χ2v) is 8.09. The normalized spacial score (nSPS) is 15.6. The van der Waals surface area contributed by atoms with Gasteiger partial charge < -0.3 is 15.1 Å². The van der Waals surface area contributed by atoms with Gasteiger partial charge in [0.2, 0.25) is 5.91 Å². The Morgan fingerprint density at radius 1 is 1.16 bits per heavy atom. The lowest BCUT2D eigenvalue weighted by Crippen LogP contribution is -2.44. The number of rotatable bonds is 4. The molecule has 2 heterocycles. The maximum atomic E-state index is 11.8. The summed E-state index contributed by atoms with van der Waals surface area (Å²) in [6.07, 6.45) is 0. The molecule has 1 aliphatic rings. The summed E-state index contributed by atoms with van der Waals surface area (Å²) in [7, 11) is 2.16.